The van der Waals surface area contributed by atoms with E-state index in [0.29, 0.717) is 23.4 Å². The van der Waals surface area contributed by atoms with Gasteiger partial charge in [0.05, 0.1) is 6.61 Å². The Morgan fingerprint density at radius 2 is 2.10 bits per heavy atom. The summed E-state index contributed by atoms with van der Waals surface area (Å²) in [6.07, 6.45) is 0. The lowest BCUT2D eigenvalue weighted by Gasteiger charge is -2.07. The summed E-state index contributed by atoms with van der Waals surface area (Å²) in [5, 5.41) is 2.83. The van der Waals surface area contributed by atoms with E-state index in [1.165, 1.54) is 0 Å². The maximum absolute atomic E-state index is 12.0. The van der Waals surface area contributed by atoms with Gasteiger partial charge in [0.15, 0.2) is 0 Å². The Bertz CT molecular complexity index is 602. The van der Waals surface area contributed by atoms with Gasteiger partial charge in [0.1, 0.15) is 16.0 Å². The summed E-state index contributed by atoms with van der Waals surface area (Å²) in [6.45, 7) is 3.00. The van der Waals surface area contributed by atoms with Gasteiger partial charge in [-0.1, -0.05) is 18.2 Å². The van der Waals surface area contributed by atoms with Crippen molar-refractivity contribution in [2.24, 2.45) is 0 Å². The second kappa shape index (κ2) is 7.05. The molecule has 2 aromatic rings. The number of amides is 1. The number of aromatic nitrogens is 1. The molecular formula is C15H15BrN2O2. The van der Waals surface area contributed by atoms with E-state index in [9.17, 15) is 4.79 Å². The van der Waals surface area contributed by atoms with Crippen molar-refractivity contribution in [1.29, 1.82) is 0 Å². The smallest absolute Gasteiger partial charge is 0.270 e. The first-order chi connectivity index (χ1) is 9.69. The number of rotatable bonds is 5. The van der Waals surface area contributed by atoms with Gasteiger partial charge in [-0.25, -0.2) is 4.98 Å². The van der Waals surface area contributed by atoms with Crippen LogP contribution in [0.1, 0.15) is 23.0 Å². The SMILES string of the molecule is CCOc1cccc(CNC(=O)c2cccc(Br)n2)c1. The maximum Gasteiger partial charge on any atom is 0.270 e. The Labute approximate surface area is 126 Å². The van der Waals surface area contributed by atoms with E-state index in [0.717, 1.165) is 11.3 Å². The zero-order valence-corrected chi connectivity index (χ0v) is 12.7. The van der Waals surface area contributed by atoms with Gasteiger partial charge < -0.3 is 10.1 Å². The molecule has 4 nitrogen and oxygen atoms in total. The number of carbonyl (C=O) groups excluding carboxylic acids is 1. The Hall–Kier alpha value is -1.88. The molecule has 1 heterocycles. The molecule has 0 bridgehead atoms. The Balaban J connectivity index is 1.98. The average molecular weight is 335 g/mol. The molecule has 1 N–H and O–H groups in total. The first kappa shape index (κ1) is 14.5. The maximum atomic E-state index is 12.0. The predicted octanol–water partition coefficient (Wildman–Crippen LogP) is 3.17. The summed E-state index contributed by atoms with van der Waals surface area (Å²) in [6, 6.07) is 12.9. The topological polar surface area (TPSA) is 51.2 Å². The van der Waals surface area contributed by atoms with Crippen LogP contribution in [0.2, 0.25) is 0 Å². The third-order valence-corrected chi connectivity index (χ3v) is 3.05. The number of nitrogens with zero attached hydrogens (tertiary/aromatic N) is 1. The first-order valence-corrected chi connectivity index (χ1v) is 7.11. The number of nitrogens with one attached hydrogen (secondary N) is 1. The fraction of sp³-hybridized carbons (Fsp3) is 0.200. The van der Waals surface area contributed by atoms with E-state index in [4.69, 9.17) is 4.74 Å². The predicted molar refractivity (Wildman–Crippen MR) is 80.7 cm³/mol. The van der Waals surface area contributed by atoms with E-state index in [-0.39, 0.29) is 5.91 Å². The van der Waals surface area contributed by atoms with Crippen LogP contribution in [-0.2, 0) is 6.54 Å². The van der Waals surface area contributed by atoms with Crippen molar-refractivity contribution in [3.8, 4) is 5.75 Å². The number of ether oxygens (including phenoxy) is 1. The van der Waals surface area contributed by atoms with Crippen LogP contribution in [0.25, 0.3) is 0 Å². The molecule has 20 heavy (non-hydrogen) atoms. The van der Waals surface area contributed by atoms with Crippen LogP contribution in [0.15, 0.2) is 47.1 Å². The van der Waals surface area contributed by atoms with Crippen molar-refractivity contribution in [3.63, 3.8) is 0 Å². The molecule has 0 atom stereocenters. The van der Waals surface area contributed by atoms with E-state index < -0.39 is 0 Å². The fourth-order valence-corrected chi connectivity index (χ4v) is 2.06. The normalized spacial score (nSPS) is 10.1. The van der Waals surface area contributed by atoms with Crippen LogP contribution in [0, 0.1) is 0 Å². The van der Waals surface area contributed by atoms with Gasteiger partial charge in [0.2, 0.25) is 0 Å². The molecule has 0 fully saturated rings. The Kier molecular flexibility index (Phi) is 5.12. The molecule has 0 aliphatic heterocycles. The molecule has 0 aliphatic rings. The molecule has 5 heteroatoms. The zero-order chi connectivity index (χ0) is 14.4. The minimum Gasteiger partial charge on any atom is -0.494 e. The summed E-state index contributed by atoms with van der Waals surface area (Å²) in [7, 11) is 0. The highest BCUT2D eigenvalue weighted by Crippen LogP contribution is 2.13. The minimum absolute atomic E-state index is 0.201. The third kappa shape index (κ3) is 4.06. The molecular weight excluding hydrogens is 320 g/mol. The molecule has 1 amide bonds. The summed E-state index contributed by atoms with van der Waals surface area (Å²) >= 11 is 3.25. The summed E-state index contributed by atoms with van der Waals surface area (Å²) in [4.78, 5) is 16.1. The molecule has 0 aliphatic carbocycles. The largest absolute Gasteiger partial charge is 0.494 e. The van der Waals surface area contributed by atoms with E-state index in [2.05, 4.69) is 26.2 Å². The molecule has 104 valence electrons. The van der Waals surface area contributed by atoms with E-state index in [1.54, 1.807) is 18.2 Å². The highest BCUT2D eigenvalue weighted by molar-refractivity contribution is 9.10. The first-order valence-electron chi connectivity index (χ1n) is 6.31. The average Bonchev–Trinajstić information content (AvgIpc) is 2.45. The molecule has 0 radical (unpaired) electrons. The van der Waals surface area contributed by atoms with Crippen LogP contribution in [0.4, 0.5) is 0 Å². The number of halogens is 1. The second-order valence-electron chi connectivity index (χ2n) is 4.11. The lowest BCUT2D eigenvalue weighted by atomic mass is 10.2. The van der Waals surface area contributed by atoms with Crippen LogP contribution >= 0.6 is 15.9 Å². The van der Waals surface area contributed by atoms with Crippen molar-refractivity contribution < 1.29 is 9.53 Å². The van der Waals surface area contributed by atoms with Gasteiger partial charge >= 0.3 is 0 Å². The fourth-order valence-electron chi connectivity index (χ4n) is 1.72. The van der Waals surface area contributed by atoms with Crippen LogP contribution in [0.5, 0.6) is 5.75 Å². The quantitative estimate of drug-likeness (QED) is 0.854. The Morgan fingerprint density at radius 3 is 2.85 bits per heavy atom. The molecule has 1 aromatic heterocycles. The summed E-state index contributed by atoms with van der Waals surface area (Å²) in [5.74, 6) is 0.605. The van der Waals surface area contributed by atoms with E-state index >= 15 is 0 Å². The zero-order valence-electron chi connectivity index (χ0n) is 11.1. The van der Waals surface area contributed by atoms with Crippen LogP contribution in [0.3, 0.4) is 0 Å². The number of benzene rings is 1. The summed E-state index contributed by atoms with van der Waals surface area (Å²) < 4.78 is 6.06. The monoisotopic (exact) mass is 334 g/mol. The van der Waals surface area contributed by atoms with Crippen molar-refractivity contribution in [3.05, 3.63) is 58.3 Å². The molecule has 0 spiro atoms. The highest BCUT2D eigenvalue weighted by atomic mass is 79.9. The molecule has 0 saturated heterocycles. The third-order valence-electron chi connectivity index (χ3n) is 2.61. The van der Waals surface area contributed by atoms with Crippen molar-refractivity contribution >= 4 is 21.8 Å². The highest BCUT2D eigenvalue weighted by Gasteiger charge is 2.07. The lowest BCUT2D eigenvalue weighted by Crippen LogP contribution is -2.23. The molecule has 0 unspecified atom stereocenters. The standard InChI is InChI=1S/C15H15BrN2O2/c1-2-20-12-6-3-5-11(9-12)10-17-15(19)13-7-4-8-14(16)18-13/h3-9H,2,10H2,1H3,(H,17,19). The van der Waals surface area contributed by atoms with Gasteiger partial charge in [-0.15, -0.1) is 0 Å². The number of carbonyl (C=O) groups is 1. The molecule has 1 aromatic carbocycles. The van der Waals surface area contributed by atoms with Crippen molar-refractivity contribution in [1.82, 2.24) is 10.3 Å². The number of hydrogen-bond donors (Lipinski definition) is 1. The lowest BCUT2D eigenvalue weighted by molar-refractivity contribution is 0.0945. The van der Waals surface area contributed by atoms with Gasteiger partial charge in [-0.05, 0) is 52.7 Å². The van der Waals surface area contributed by atoms with Gasteiger partial charge in [-0.2, -0.15) is 0 Å². The van der Waals surface area contributed by atoms with E-state index in [1.807, 2.05) is 31.2 Å². The number of hydrogen-bond acceptors (Lipinski definition) is 3. The van der Waals surface area contributed by atoms with Gasteiger partial charge in [0.25, 0.3) is 5.91 Å². The number of pyridine rings is 1. The molecule has 2 rings (SSSR count). The van der Waals surface area contributed by atoms with Crippen LogP contribution in [-0.4, -0.2) is 17.5 Å². The van der Waals surface area contributed by atoms with Gasteiger partial charge in [0, 0.05) is 6.54 Å². The second-order valence-corrected chi connectivity index (χ2v) is 4.92. The minimum atomic E-state index is -0.201. The Morgan fingerprint density at radius 1 is 1.30 bits per heavy atom. The van der Waals surface area contributed by atoms with Gasteiger partial charge in [-0.3, -0.25) is 4.79 Å². The molecule has 0 saturated carbocycles. The summed E-state index contributed by atoms with van der Waals surface area (Å²) in [5.41, 5.74) is 1.37. The van der Waals surface area contributed by atoms with Crippen LogP contribution < -0.4 is 10.1 Å². The van der Waals surface area contributed by atoms with Crippen molar-refractivity contribution in [2.45, 2.75) is 13.5 Å². The van der Waals surface area contributed by atoms with Crippen molar-refractivity contribution in [2.75, 3.05) is 6.61 Å².